The molecule has 0 saturated heterocycles. The van der Waals surface area contributed by atoms with Crippen LogP contribution in [0.4, 0.5) is 13.2 Å². The molecule has 0 aliphatic heterocycles. The molecule has 1 saturated carbocycles. The molecule has 2 unspecified atom stereocenters. The maximum atomic E-state index is 10.7. The van der Waals surface area contributed by atoms with Crippen molar-refractivity contribution in [3.63, 3.8) is 0 Å². The van der Waals surface area contributed by atoms with Crippen LogP contribution in [0.25, 0.3) is 0 Å². The summed E-state index contributed by atoms with van der Waals surface area (Å²) in [5, 5.41) is 0. The minimum atomic E-state index is -5.84. The molecular weight excluding hydrogens is 256 g/mol. The van der Waals surface area contributed by atoms with E-state index in [9.17, 15) is 18.0 Å². The van der Waals surface area contributed by atoms with E-state index in [0.717, 1.165) is 19.3 Å². The van der Waals surface area contributed by atoms with E-state index in [2.05, 4.69) is 9.24 Å². The summed E-state index contributed by atoms with van der Waals surface area (Å²) in [5.41, 5.74) is -5.24. The minimum absolute atomic E-state index is 0.292. The van der Waals surface area contributed by atoms with Gasteiger partial charge in [-0.25, -0.2) is 0 Å². The standard InChI is InChI=1S/C5H9OP.CHF3O3S/c6-4-2-1-3-5(4)7;2-1(3,4)8(5,6)7/h5H,1-3,7H2;(H,5,6,7). The van der Waals surface area contributed by atoms with Gasteiger partial charge in [0.05, 0.1) is 0 Å². The van der Waals surface area contributed by atoms with Crippen LogP contribution in [0, 0.1) is 0 Å². The molecule has 4 nitrogen and oxygen atoms in total. The molecule has 0 amide bonds. The molecule has 0 aromatic rings. The Bertz CT molecular complexity index is 324. The zero-order chi connectivity index (χ0) is 12.3. The fraction of sp³-hybridized carbons (Fsp3) is 0.833. The third kappa shape index (κ3) is 5.44. The molecule has 1 aliphatic carbocycles. The third-order valence-corrected chi connectivity index (χ3v) is 2.93. The van der Waals surface area contributed by atoms with Crippen molar-refractivity contribution >= 4 is 25.1 Å². The highest BCUT2D eigenvalue weighted by Gasteiger charge is 2.44. The molecular formula is C6H10F3O4PS. The molecule has 0 radical (unpaired) electrons. The van der Waals surface area contributed by atoms with Crippen LogP contribution in [-0.2, 0) is 14.9 Å². The lowest BCUT2D eigenvalue weighted by Crippen LogP contribution is -2.21. The summed E-state index contributed by atoms with van der Waals surface area (Å²) in [7, 11) is -3.28. The summed E-state index contributed by atoms with van der Waals surface area (Å²) in [6.07, 6.45) is 3.00. The molecule has 0 bridgehead atoms. The smallest absolute Gasteiger partial charge is 0.299 e. The molecule has 15 heavy (non-hydrogen) atoms. The maximum Gasteiger partial charge on any atom is 0.522 e. The van der Waals surface area contributed by atoms with Crippen molar-refractivity contribution in [2.75, 3.05) is 0 Å². The molecule has 0 aromatic carbocycles. The molecule has 0 heterocycles. The average molecular weight is 266 g/mol. The Balaban J connectivity index is 0.000000262. The summed E-state index contributed by atoms with van der Waals surface area (Å²) < 4.78 is 57.5. The van der Waals surface area contributed by atoms with Crippen molar-refractivity contribution in [2.24, 2.45) is 0 Å². The largest absolute Gasteiger partial charge is 0.522 e. The first-order chi connectivity index (χ1) is 6.55. The molecule has 9 heteroatoms. The van der Waals surface area contributed by atoms with Crippen molar-refractivity contribution in [2.45, 2.75) is 30.4 Å². The van der Waals surface area contributed by atoms with Gasteiger partial charge in [0.25, 0.3) is 0 Å². The van der Waals surface area contributed by atoms with E-state index in [1.165, 1.54) is 0 Å². The first-order valence-electron chi connectivity index (χ1n) is 3.87. The number of carbonyl (C=O) groups is 1. The first-order valence-corrected chi connectivity index (χ1v) is 5.98. The molecule has 0 spiro atoms. The summed E-state index contributed by atoms with van der Waals surface area (Å²) in [6.45, 7) is 0. The van der Waals surface area contributed by atoms with Crippen LogP contribution in [0.3, 0.4) is 0 Å². The minimum Gasteiger partial charge on any atom is -0.299 e. The molecule has 1 fully saturated rings. The van der Waals surface area contributed by atoms with Crippen LogP contribution in [-0.4, -0.2) is 29.9 Å². The van der Waals surface area contributed by atoms with E-state index in [4.69, 9.17) is 13.0 Å². The van der Waals surface area contributed by atoms with E-state index in [1.54, 1.807) is 0 Å². The molecule has 0 aromatic heterocycles. The maximum absolute atomic E-state index is 10.7. The van der Waals surface area contributed by atoms with E-state index in [0.29, 0.717) is 11.4 Å². The Morgan fingerprint density at radius 3 is 1.87 bits per heavy atom. The summed E-state index contributed by atoms with van der Waals surface area (Å²) in [4.78, 5) is 10.6. The Labute approximate surface area is 87.2 Å². The number of Topliss-reactive ketones (excluding diaryl/α,β-unsaturated/α-hetero) is 1. The first kappa shape index (κ1) is 14.8. The van der Waals surface area contributed by atoms with Gasteiger partial charge in [-0.15, -0.1) is 9.24 Å². The highest BCUT2D eigenvalue weighted by atomic mass is 32.2. The monoisotopic (exact) mass is 266 g/mol. The lowest BCUT2D eigenvalue weighted by molar-refractivity contribution is -0.116. The zero-order valence-corrected chi connectivity index (χ0v) is 9.46. The number of carbonyl (C=O) groups excluding carboxylic acids is 1. The predicted octanol–water partition coefficient (Wildman–Crippen LogP) is 1.38. The second-order valence-electron chi connectivity index (χ2n) is 2.89. The fourth-order valence-corrected chi connectivity index (χ4v) is 1.24. The van der Waals surface area contributed by atoms with Crippen LogP contribution < -0.4 is 0 Å². The van der Waals surface area contributed by atoms with Crippen molar-refractivity contribution in [3.05, 3.63) is 0 Å². The van der Waals surface area contributed by atoms with Crippen LogP contribution >= 0.6 is 9.24 Å². The van der Waals surface area contributed by atoms with Gasteiger partial charge in [-0.05, 0) is 12.8 Å². The van der Waals surface area contributed by atoms with Crippen molar-refractivity contribution < 1.29 is 30.9 Å². The molecule has 1 aliphatic rings. The Hall–Kier alpha value is -0.200. The van der Waals surface area contributed by atoms with Gasteiger partial charge in [0.1, 0.15) is 5.78 Å². The van der Waals surface area contributed by atoms with Gasteiger partial charge in [-0.3, -0.25) is 9.35 Å². The Kier molecular flexibility index (Phi) is 5.16. The van der Waals surface area contributed by atoms with Crippen LogP contribution in [0.1, 0.15) is 19.3 Å². The quantitative estimate of drug-likeness (QED) is 0.408. The van der Waals surface area contributed by atoms with E-state index >= 15 is 0 Å². The number of halogens is 3. The summed E-state index contributed by atoms with van der Waals surface area (Å²) >= 11 is 0. The van der Waals surface area contributed by atoms with E-state index in [1.807, 2.05) is 0 Å². The topological polar surface area (TPSA) is 71.4 Å². The number of hydrogen-bond donors (Lipinski definition) is 1. The van der Waals surface area contributed by atoms with Gasteiger partial charge in [-0.1, -0.05) is 0 Å². The molecule has 1 rings (SSSR count). The normalized spacial score (nSPS) is 22.2. The van der Waals surface area contributed by atoms with Crippen LogP contribution in [0.2, 0.25) is 0 Å². The third-order valence-electron chi connectivity index (χ3n) is 1.64. The van der Waals surface area contributed by atoms with Gasteiger partial charge in [0.15, 0.2) is 0 Å². The number of ketones is 1. The molecule has 1 N–H and O–H groups in total. The van der Waals surface area contributed by atoms with Gasteiger partial charge in [0.2, 0.25) is 0 Å². The Morgan fingerprint density at radius 1 is 1.40 bits per heavy atom. The van der Waals surface area contributed by atoms with Gasteiger partial charge in [0, 0.05) is 12.1 Å². The lowest BCUT2D eigenvalue weighted by atomic mass is 10.3. The predicted molar refractivity (Wildman–Crippen MR) is 50.0 cm³/mol. The summed E-state index contributed by atoms with van der Waals surface area (Å²) in [6, 6.07) is 0. The number of alkyl halides is 3. The van der Waals surface area contributed by atoms with E-state index in [-0.39, 0.29) is 0 Å². The van der Waals surface area contributed by atoms with Crippen LogP contribution in [0.5, 0.6) is 0 Å². The average Bonchev–Trinajstić information content (AvgIpc) is 2.33. The van der Waals surface area contributed by atoms with Crippen LogP contribution in [0.15, 0.2) is 0 Å². The van der Waals surface area contributed by atoms with Crippen molar-refractivity contribution in [1.82, 2.24) is 0 Å². The lowest BCUT2D eigenvalue weighted by Gasteiger charge is -1.97. The number of hydrogen-bond acceptors (Lipinski definition) is 3. The Morgan fingerprint density at radius 2 is 1.80 bits per heavy atom. The molecule has 90 valence electrons. The zero-order valence-electron chi connectivity index (χ0n) is 7.49. The van der Waals surface area contributed by atoms with Crippen molar-refractivity contribution in [1.29, 1.82) is 0 Å². The van der Waals surface area contributed by atoms with Crippen molar-refractivity contribution in [3.8, 4) is 0 Å². The summed E-state index contributed by atoms with van der Waals surface area (Å²) in [5.74, 6) is 0.421. The highest BCUT2D eigenvalue weighted by molar-refractivity contribution is 7.86. The second kappa shape index (κ2) is 5.23. The second-order valence-corrected chi connectivity index (χ2v) is 5.10. The fourth-order valence-electron chi connectivity index (χ4n) is 0.843. The van der Waals surface area contributed by atoms with Gasteiger partial charge < -0.3 is 0 Å². The SMILES string of the molecule is O=C1CCCC1P.O=S(=O)(O)C(F)(F)F. The van der Waals surface area contributed by atoms with Gasteiger partial charge >= 0.3 is 15.6 Å². The number of rotatable bonds is 0. The van der Waals surface area contributed by atoms with E-state index < -0.39 is 15.6 Å². The van der Waals surface area contributed by atoms with Gasteiger partial charge in [-0.2, -0.15) is 21.6 Å². The molecule has 2 atom stereocenters. The highest BCUT2D eigenvalue weighted by Crippen LogP contribution is 2.21.